The fourth-order valence-electron chi connectivity index (χ4n) is 1.54. The minimum absolute atomic E-state index is 0. The van der Waals surface area contributed by atoms with Gasteiger partial charge in [0, 0.05) is 31.4 Å². The Kier molecular flexibility index (Phi) is 6.28. The van der Waals surface area contributed by atoms with Crippen LogP contribution in [0.5, 0.6) is 0 Å². The maximum Gasteiger partial charge on any atom is 0.237 e. The summed E-state index contributed by atoms with van der Waals surface area (Å²) in [5.41, 5.74) is 0. The molecule has 1 rings (SSSR count). The molecule has 7 heteroatoms. The molecule has 0 aromatic rings. The van der Waals surface area contributed by atoms with Crippen molar-refractivity contribution < 1.29 is 13.2 Å². The monoisotopic (exact) mass is 270 g/mol. The van der Waals surface area contributed by atoms with Gasteiger partial charge in [-0.2, -0.15) is 0 Å². The summed E-state index contributed by atoms with van der Waals surface area (Å²) >= 11 is 0. The van der Waals surface area contributed by atoms with E-state index in [-0.39, 0.29) is 35.9 Å². The van der Waals surface area contributed by atoms with Crippen LogP contribution in [0, 0.1) is 0 Å². The van der Waals surface area contributed by atoms with Crippen molar-refractivity contribution >= 4 is 28.2 Å². The first kappa shape index (κ1) is 15.7. The molecule has 1 N–H and O–H groups in total. The summed E-state index contributed by atoms with van der Waals surface area (Å²) in [5.74, 6) is -0.596. The van der Waals surface area contributed by atoms with Gasteiger partial charge in [-0.05, 0) is 6.92 Å². The van der Waals surface area contributed by atoms with Crippen LogP contribution in [-0.2, 0) is 14.6 Å². The van der Waals surface area contributed by atoms with Crippen LogP contribution >= 0.6 is 12.4 Å². The van der Waals surface area contributed by atoms with E-state index >= 15 is 0 Å². The number of carbonyl (C=O) groups excluding carboxylic acids is 1. The summed E-state index contributed by atoms with van der Waals surface area (Å²) in [7, 11) is -3.20. The molecule has 16 heavy (non-hydrogen) atoms. The number of piperazine rings is 1. The molecule has 0 unspecified atom stereocenters. The highest BCUT2D eigenvalue weighted by Crippen LogP contribution is 2.01. The van der Waals surface area contributed by atoms with Crippen molar-refractivity contribution in [2.24, 2.45) is 0 Å². The Morgan fingerprint density at radius 2 is 2.12 bits per heavy atom. The van der Waals surface area contributed by atoms with Crippen LogP contribution < -0.4 is 5.32 Å². The molecule has 0 spiro atoms. The van der Waals surface area contributed by atoms with Crippen molar-refractivity contribution in [2.45, 2.75) is 19.9 Å². The topological polar surface area (TPSA) is 66.5 Å². The first-order valence-electron chi connectivity index (χ1n) is 5.16. The molecule has 0 aromatic carbocycles. The van der Waals surface area contributed by atoms with Crippen LogP contribution in [0.1, 0.15) is 13.8 Å². The van der Waals surface area contributed by atoms with Gasteiger partial charge >= 0.3 is 0 Å². The lowest BCUT2D eigenvalue weighted by atomic mass is 10.2. The van der Waals surface area contributed by atoms with Crippen molar-refractivity contribution in [3.05, 3.63) is 0 Å². The van der Waals surface area contributed by atoms with Gasteiger partial charge in [-0.1, -0.05) is 6.92 Å². The number of amides is 1. The number of nitrogens with one attached hydrogen (secondary N) is 1. The molecule has 1 aliphatic rings. The van der Waals surface area contributed by atoms with E-state index in [9.17, 15) is 13.2 Å². The van der Waals surface area contributed by atoms with Gasteiger partial charge in [-0.15, -0.1) is 12.4 Å². The van der Waals surface area contributed by atoms with Crippen LogP contribution in [0.4, 0.5) is 0 Å². The molecular formula is C9H19ClN2O3S. The minimum atomic E-state index is -3.20. The van der Waals surface area contributed by atoms with Gasteiger partial charge in [0.1, 0.15) is 5.75 Å². The Balaban J connectivity index is 0.00000225. The van der Waals surface area contributed by atoms with E-state index in [4.69, 9.17) is 0 Å². The minimum Gasteiger partial charge on any atom is -0.339 e. The number of hydrogen-bond acceptors (Lipinski definition) is 4. The fraction of sp³-hybridized carbons (Fsp3) is 0.889. The number of sulfone groups is 1. The summed E-state index contributed by atoms with van der Waals surface area (Å²) in [5, 5.41) is 3.20. The molecule has 1 heterocycles. The maximum atomic E-state index is 11.6. The van der Waals surface area contributed by atoms with Crippen LogP contribution in [0.15, 0.2) is 0 Å². The van der Waals surface area contributed by atoms with Crippen molar-refractivity contribution in [3.8, 4) is 0 Å². The molecule has 5 nitrogen and oxygen atoms in total. The van der Waals surface area contributed by atoms with Gasteiger partial charge in [0.05, 0.1) is 0 Å². The second-order valence-corrected chi connectivity index (χ2v) is 6.22. The zero-order valence-corrected chi connectivity index (χ0v) is 11.2. The van der Waals surface area contributed by atoms with Gasteiger partial charge in [0.15, 0.2) is 9.84 Å². The van der Waals surface area contributed by atoms with Gasteiger partial charge in [-0.25, -0.2) is 8.42 Å². The highest BCUT2D eigenvalue weighted by molar-refractivity contribution is 7.92. The highest BCUT2D eigenvalue weighted by Gasteiger charge is 2.23. The Morgan fingerprint density at radius 1 is 1.50 bits per heavy atom. The van der Waals surface area contributed by atoms with Crippen LogP contribution in [0.3, 0.4) is 0 Å². The van der Waals surface area contributed by atoms with E-state index in [1.165, 1.54) is 0 Å². The van der Waals surface area contributed by atoms with Crippen molar-refractivity contribution in [3.63, 3.8) is 0 Å². The third-order valence-electron chi connectivity index (χ3n) is 2.50. The van der Waals surface area contributed by atoms with E-state index in [1.807, 2.05) is 6.92 Å². The normalized spacial score (nSPS) is 21.4. The first-order valence-corrected chi connectivity index (χ1v) is 6.98. The molecule has 0 aromatic heterocycles. The lowest BCUT2D eigenvalue weighted by molar-refractivity contribution is -0.129. The fourth-order valence-corrected chi connectivity index (χ4v) is 2.30. The number of rotatable bonds is 3. The second-order valence-electron chi connectivity index (χ2n) is 3.87. The molecule has 1 atom stereocenters. The highest BCUT2D eigenvalue weighted by atomic mass is 35.5. The summed E-state index contributed by atoms with van der Waals surface area (Å²) < 4.78 is 22.5. The molecule has 0 radical (unpaired) electrons. The van der Waals surface area contributed by atoms with E-state index in [0.717, 1.165) is 6.54 Å². The average Bonchev–Trinajstić information content (AvgIpc) is 2.17. The van der Waals surface area contributed by atoms with E-state index < -0.39 is 9.84 Å². The van der Waals surface area contributed by atoms with Gasteiger partial charge in [-0.3, -0.25) is 4.79 Å². The molecule has 0 bridgehead atoms. The van der Waals surface area contributed by atoms with E-state index in [1.54, 1.807) is 11.8 Å². The van der Waals surface area contributed by atoms with Gasteiger partial charge in [0.25, 0.3) is 0 Å². The van der Waals surface area contributed by atoms with Crippen molar-refractivity contribution in [1.82, 2.24) is 10.2 Å². The quantitative estimate of drug-likeness (QED) is 0.762. The SMILES string of the molecule is CCS(=O)(=O)CC(=O)N1CCN[C@H](C)C1.Cl. The summed E-state index contributed by atoms with van der Waals surface area (Å²) in [6.45, 7) is 5.47. The lowest BCUT2D eigenvalue weighted by Gasteiger charge is -2.31. The zero-order chi connectivity index (χ0) is 11.5. The Bertz CT molecular complexity index is 332. The number of nitrogens with zero attached hydrogens (tertiary/aromatic N) is 1. The molecule has 0 aliphatic carbocycles. The predicted molar refractivity (Wildman–Crippen MR) is 65.6 cm³/mol. The number of halogens is 1. The number of hydrogen-bond donors (Lipinski definition) is 1. The molecule has 1 fully saturated rings. The molecular weight excluding hydrogens is 252 g/mol. The largest absolute Gasteiger partial charge is 0.339 e. The molecule has 1 amide bonds. The molecule has 96 valence electrons. The van der Waals surface area contributed by atoms with Crippen molar-refractivity contribution in [2.75, 3.05) is 31.1 Å². The zero-order valence-electron chi connectivity index (χ0n) is 9.60. The third kappa shape index (κ3) is 4.67. The van der Waals surface area contributed by atoms with Gasteiger partial charge < -0.3 is 10.2 Å². The van der Waals surface area contributed by atoms with Crippen LogP contribution in [-0.4, -0.2) is 56.4 Å². The summed E-state index contributed by atoms with van der Waals surface area (Å²) in [6, 6.07) is 0.243. The van der Waals surface area contributed by atoms with Crippen molar-refractivity contribution in [1.29, 1.82) is 0 Å². The van der Waals surface area contributed by atoms with Crippen LogP contribution in [0.25, 0.3) is 0 Å². The predicted octanol–water partition coefficient (Wildman–Crippen LogP) is -0.337. The van der Waals surface area contributed by atoms with E-state index in [0.29, 0.717) is 13.1 Å². The molecule has 1 aliphatic heterocycles. The Labute approximate surface area is 103 Å². The summed E-state index contributed by atoms with van der Waals surface area (Å²) in [4.78, 5) is 13.3. The lowest BCUT2D eigenvalue weighted by Crippen LogP contribution is -2.52. The average molecular weight is 271 g/mol. The maximum absolute atomic E-state index is 11.6. The smallest absolute Gasteiger partial charge is 0.237 e. The van der Waals surface area contributed by atoms with Crippen LogP contribution in [0.2, 0.25) is 0 Å². The third-order valence-corrected chi connectivity index (χ3v) is 4.07. The second kappa shape index (κ2) is 6.42. The Morgan fingerprint density at radius 3 is 2.62 bits per heavy atom. The van der Waals surface area contributed by atoms with Gasteiger partial charge in [0.2, 0.25) is 5.91 Å². The number of carbonyl (C=O) groups is 1. The standard InChI is InChI=1S/C9H18N2O3S.ClH/c1-3-15(13,14)7-9(12)11-5-4-10-8(2)6-11;/h8,10H,3-7H2,1-2H3;1H/t8-;/m1./s1. The molecule has 0 saturated carbocycles. The molecule has 1 saturated heterocycles. The summed E-state index contributed by atoms with van der Waals surface area (Å²) in [6.07, 6.45) is 0. The van der Waals surface area contributed by atoms with E-state index in [2.05, 4.69) is 5.32 Å². The first-order chi connectivity index (χ1) is 6.94. The Hall–Kier alpha value is -0.330.